The van der Waals surface area contributed by atoms with Gasteiger partial charge < -0.3 is 10.6 Å². The third-order valence-electron chi connectivity index (χ3n) is 4.46. The third-order valence-corrected chi connectivity index (χ3v) is 4.67. The van der Waals surface area contributed by atoms with Crippen LogP contribution in [0.2, 0.25) is 0 Å². The minimum absolute atomic E-state index is 0.371. The Balaban J connectivity index is 1.82. The molecule has 0 amide bonds. The molecule has 5 heteroatoms. The van der Waals surface area contributed by atoms with Crippen molar-refractivity contribution in [2.24, 2.45) is 5.73 Å². The Morgan fingerprint density at radius 3 is 2.89 bits per heavy atom. The number of pyridine rings is 1. The smallest absolute Gasteiger partial charge is 0.129 e. The van der Waals surface area contributed by atoms with E-state index in [-0.39, 0.29) is 0 Å². The fraction of sp³-hybridized carbons (Fsp3) is 0.571. The second kappa shape index (κ2) is 5.06. The van der Waals surface area contributed by atoms with Crippen molar-refractivity contribution in [3.8, 4) is 0 Å². The first-order valence-corrected chi connectivity index (χ1v) is 7.29. The van der Waals surface area contributed by atoms with Crippen LogP contribution < -0.4 is 10.6 Å². The Kier molecular flexibility index (Phi) is 3.41. The molecule has 1 aromatic heterocycles. The number of rotatable bonds is 2. The first-order valence-electron chi connectivity index (χ1n) is 6.89. The summed E-state index contributed by atoms with van der Waals surface area (Å²) in [6.45, 7) is 2.13. The van der Waals surface area contributed by atoms with Gasteiger partial charge in [0.05, 0.1) is 5.69 Å². The van der Waals surface area contributed by atoms with E-state index in [0.29, 0.717) is 11.0 Å². The molecule has 2 aliphatic heterocycles. The largest absolute Gasteiger partial charge is 0.388 e. The van der Waals surface area contributed by atoms with Crippen LogP contribution >= 0.6 is 12.2 Å². The lowest BCUT2D eigenvalue weighted by Gasteiger charge is -2.26. The number of hydrogen-bond donors (Lipinski definition) is 1. The summed E-state index contributed by atoms with van der Waals surface area (Å²) < 4.78 is 0. The lowest BCUT2D eigenvalue weighted by atomic mass is 10.1. The normalized spacial score (nSPS) is 27.3. The number of anilines is 1. The van der Waals surface area contributed by atoms with Gasteiger partial charge >= 0.3 is 0 Å². The van der Waals surface area contributed by atoms with E-state index in [9.17, 15) is 0 Å². The highest BCUT2D eigenvalue weighted by atomic mass is 32.1. The molecule has 0 spiro atoms. The van der Waals surface area contributed by atoms with E-state index in [4.69, 9.17) is 18.0 Å². The number of nitrogens with two attached hydrogens (primary N) is 1. The molecule has 0 aromatic carbocycles. The van der Waals surface area contributed by atoms with Gasteiger partial charge in [0.15, 0.2) is 0 Å². The van der Waals surface area contributed by atoms with E-state index in [1.165, 1.54) is 19.3 Å². The van der Waals surface area contributed by atoms with Crippen molar-refractivity contribution in [1.29, 1.82) is 0 Å². The molecule has 0 saturated carbocycles. The summed E-state index contributed by atoms with van der Waals surface area (Å²) in [4.78, 5) is 9.87. The summed E-state index contributed by atoms with van der Waals surface area (Å²) in [5.74, 6) is 1.01. The van der Waals surface area contributed by atoms with Gasteiger partial charge in [0.1, 0.15) is 10.8 Å². The van der Waals surface area contributed by atoms with E-state index in [1.807, 2.05) is 12.1 Å². The van der Waals surface area contributed by atoms with Crippen molar-refractivity contribution in [2.45, 2.75) is 31.3 Å². The number of hydrogen-bond acceptors (Lipinski definition) is 4. The standard InChI is InChI=1S/C14H20N4S/c1-17-10-5-6-11(17)9-18(8-7-10)13-4-2-3-12(16-13)14(15)19/h2-4,10-11H,5-9H2,1H3,(H2,15,19). The number of nitrogens with zero attached hydrogens (tertiary/aromatic N) is 3. The van der Waals surface area contributed by atoms with Gasteiger partial charge in [-0.1, -0.05) is 18.3 Å². The maximum Gasteiger partial charge on any atom is 0.129 e. The predicted molar refractivity (Wildman–Crippen MR) is 81.5 cm³/mol. The Bertz CT molecular complexity index is 490. The lowest BCUT2D eigenvalue weighted by molar-refractivity contribution is 0.254. The molecule has 2 fully saturated rings. The van der Waals surface area contributed by atoms with E-state index < -0.39 is 0 Å². The van der Waals surface area contributed by atoms with Crippen LogP contribution in [0.3, 0.4) is 0 Å². The van der Waals surface area contributed by atoms with Crippen LogP contribution in [0.5, 0.6) is 0 Å². The molecule has 3 rings (SSSR count). The Morgan fingerprint density at radius 2 is 2.11 bits per heavy atom. The maximum atomic E-state index is 5.67. The van der Waals surface area contributed by atoms with Gasteiger partial charge in [0.25, 0.3) is 0 Å². The van der Waals surface area contributed by atoms with Gasteiger partial charge in [0.2, 0.25) is 0 Å². The quantitative estimate of drug-likeness (QED) is 0.827. The highest BCUT2D eigenvalue weighted by Gasteiger charge is 2.34. The molecule has 0 radical (unpaired) electrons. The van der Waals surface area contributed by atoms with E-state index in [0.717, 1.165) is 30.6 Å². The summed E-state index contributed by atoms with van der Waals surface area (Å²) >= 11 is 5.01. The Morgan fingerprint density at radius 1 is 1.32 bits per heavy atom. The lowest BCUT2D eigenvalue weighted by Crippen LogP contribution is -2.37. The van der Waals surface area contributed by atoms with Crippen LogP contribution in [0.25, 0.3) is 0 Å². The van der Waals surface area contributed by atoms with Gasteiger partial charge in [0, 0.05) is 25.2 Å². The van der Waals surface area contributed by atoms with Crippen LogP contribution in [0.1, 0.15) is 25.0 Å². The van der Waals surface area contributed by atoms with Crippen molar-refractivity contribution in [1.82, 2.24) is 9.88 Å². The third kappa shape index (κ3) is 2.44. The molecule has 2 unspecified atom stereocenters. The summed E-state index contributed by atoms with van der Waals surface area (Å²) in [5.41, 5.74) is 6.39. The SMILES string of the molecule is CN1C2CCC1CN(c1cccc(C(N)=S)n1)CC2. The zero-order valence-electron chi connectivity index (χ0n) is 11.2. The molecule has 2 aliphatic rings. The van der Waals surface area contributed by atoms with Crippen molar-refractivity contribution in [3.63, 3.8) is 0 Å². The average molecular weight is 276 g/mol. The zero-order valence-corrected chi connectivity index (χ0v) is 12.1. The minimum Gasteiger partial charge on any atom is -0.388 e. The number of fused-ring (bicyclic) bond motifs is 2. The van der Waals surface area contributed by atoms with E-state index >= 15 is 0 Å². The second-order valence-electron chi connectivity index (χ2n) is 5.53. The molecular formula is C14H20N4S. The summed E-state index contributed by atoms with van der Waals surface area (Å²) in [5, 5.41) is 0. The number of likely N-dealkylation sites (N-methyl/N-ethyl adjacent to an activating group) is 1. The average Bonchev–Trinajstić information content (AvgIpc) is 2.63. The molecule has 19 heavy (non-hydrogen) atoms. The predicted octanol–water partition coefficient (Wildman–Crippen LogP) is 1.39. The number of aromatic nitrogens is 1. The van der Waals surface area contributed by atoms with Crippen molar-refractivity contribution >= 4 is 23.0 Å². The molecule has 2 atom stereocenters. The summed E-state index contributed by atoms with van der Waals surface area (Å²) in [6, 6.07) is 7.32. The highest BCUT2D eigenvalue weighted by molar-refractivity contribution is 7.80. The van der Waals surface area contributed by atoms with E-state index in [2.05, 4.69) is 27.9 Å². The monoisotopic (exact) mass is 276 g/mol. The van der Waals surface area contributed by atoms with E-state index in [1.54, 1.807) is 0 Å². The van der Waals surface area contributed by atoms with Gasteiger partial charge in [-0.25, -0.2) is 4.98 Å². The Labute approximate surface area is 119 Å². The molecule has 3 heterocycles. The molecule has 1 aromatic rings. The molecule has 2 bridgehead atoms. The first-order chi connectivity index (χ1) is 9.15. The van der Waals surface area contributed by atoms with Crippen molar-refractivity contribution in [2.75, 3.05) is 25.0 Å². The van der Waals surface area contributed by atoms with Gasteiger partial charge in [-0.15, -0.1) is 0 Å². The van der Waals surface area contributed by atoms with Gasteiger partial charge in [-0.3, -0.25) is 4.90 Å². The van der Waals surface area contributed by atoms with Crippen LogP contribution in [-0.4, -0.2) is 47.1 Å². The molecule has 0 aliphatic carbocycles. The van der Waals surface area contributed by atoms with Crippen molar-refractivity contribution in [3.05, 3.63) is 23.9 Å². The van der Waals surface area contributed by atoms with Gasteiger partial charge in [-0.05, 0) is 38.4 Å². The molecular weight excluding hydrogens is 256 g/mol. The summed E-state index contributed by atoms with van der Waals surface area (Å²) in [7, 11) is 2.25. The molecule has 2 saturated heterocycles. The van der Waals surface area contributed by atoms with Crippen LogP contribution in [0, 0.1) is 0 Å². The molecule has 2 N–H and O–H groups in total. The summed E-state index contributed by atoms with van der Waals surface area (Å²) in [6.07, 6.45) is 3.86. The van der Waals surface area contributed by atoms with Crippen molar-refractivity contribution < 1.29 is 0 Å². The fourth-order valence-electron chi connectivity index (χ4n) is 3.25. The minimum atomic E-state index is 0.371. The maximum absolute atomic E-state index is 5.67. The van der Waals surface area contributed by atoms with Crippen LogP contribution in [0.15, 0.2) is 18.2 Å². The molecule has 102 valence electrons. The van der Waals surface area contributed by atoms with Gasteiger partial charge in [-0.2, -0.15) is 0 Å². The topological polar surface area (TPSA) is 45.4 Å². The second-order valence-corrected chi connectivity index (χ2v) is 5.97. The zero-order chi connectivity index (χ0) is 13.4. The molecule has 4 nitrogen and oxygen atoms in total. The first kappa shape index (κ1) is 12.8. The number of thiocarbonyl (C=S) groups is 1. The Hall–Kier alpha value is -1.20. The fourth-order valence-corrected chi connectivity index (χ4v) is 3.37. The van der Waals surface area contributed by atoms with Crippen LogP contribution in [-0.2, 0) is 0 Å². The highest BCUT2D eigenvalue weighted by Crippen LogP contribution is 2.30. The van der Waals surface area contributed by atoms with Crippen LogP contribution in [0.4, 0.5) is 5.82 Å².